The van der Waals surface area contributed by atoms with E-state index in [4.69, 9.17) is 0 Å². The SMILES string of the molecule is CNC(=O)[C@@H]1[C@H]2C(=O)N([C@@H](CO)CC(C)C)C(C(=O)NC(C)C)C23CC[C@@]1(C)S3. The van der Waals surface area contributed by atoms with Crippen LogP contribution in [0.3, 0.4) is 0 Å². The zero-order valence-corrected chi connectivity index (χ0v) is 19.1. The Kier molecular flexibility index (Phi) is 6.00. The predicted molar refractivity (Wildman–Crippen MR) is 113 cm³/mol. The average molecular weight is 426 g/mol. The second-order valence-electron chi connectivity index (χ2n) is 9.72. The van der Waals surface area contributed by atoms with Gasteiger partial charge in [-0.05, 0) is 46.0 Å². The Morgan fingerprint density at radius 2 is 1.90 bits per heavy atom. The van der Waals surface area contributed by atoms with E-state index in [1.54, 1.807) is 23.7 Å². The Balaban J connectivity index is 2.10. The first kappa shape index (κ1) is 22.4. The molecule has 0 aromatic rings. The molecule has 1 spiro atoms. The van der Waals surface area contributed by atoms with Crippen molar-refractivity contribution in [3.8, 4) is 0 Å². The van der Waals surface area contributed by atoms with Gasteiger partial charge in [0.2, 0.25) is 17.7 Å². The van der Waals surface area contributed by atoms with Crippen LogP contribution in [0.15, 0.2) is 0 Å². The fraction of sp³-hybridized carbons (Fsp3) is 0.857. The third-order valence-corrected chi connectivity index (χ3v) is 8.76. The fourth-order valence-electron chi connectivity index (χ4n) is 5.80. The summed E-state index contributed by atoms with van der Waals surface area (Å²) in [7, 11) is 1.60. The van der Waals surface area contributed by atoms with Gasteiger partial charge in [-0.1, -0.05) is 13.8 Å². The molecule has 0 aromatic heterocycles. The van der Waals surface area contributed by atoms with Crippen molar-refractivity contribution in [2.45, 2.75) is 81.5 Å². The Hall–Kier alpha value is -1.28. The number of hydrogen-bond donors (Lipinski definition) is 3. The van der Waals surface area contributed by atoms with Crippen molar-refractivity contribution in [2.75, 3.05) is 13.7 Å². The summed E-state index contributed by atoms with van der Waals surface area (Å²) < 4.78 is -0.970. The quantitative estimate of drug-likeness (QED) is 0.568. The maximum atomic E-state index is 13.8. The molecule has 3 amide bonds. The van der Waals surface area contributed by atoms with Gasteiger partial charge in [0.25, 0.3) is 0 Å². The average Bonchev–Trinajstić information content (AvgIpc) is 3.19. The molecule has 3 saturated heterocycles. The number of carbonyl (C=O) groups is 3. The molecular formula is C21H35N3O4S. The Morgan fingerprint density at radius 1 is 1.24 bits per heavy atom. The molecule has 3 rings (SSSR count). The number of thioether (sulfide) groups is 1. The standard InChI is InChI=1S/C21H35N3O4S/c1-11(2)9-13(10-25)24-16(18(27)23-12(3)4)21-8-7-20(5,29-21)14(17(26)22-6)15(21)19(24)28/h11-16,25H,7-10H2,1-6H3,(H,22,26)(H,23,27)/t13-,14+,15+,16?,20-,21?/m1/s1. The van der Waals surface area contributed by atoms with Crippen LogP contribution in [-0.4, -0.2) is 69.0 Å². The van der Waals surface area contributed by atoms with Gasteiger partial charge in [-0.25, -0.2) is 0 Å². The number of nitrogens with one attached hydrogen (secondary N) is 2. The summed E-state index contributed by atoms with van der Waals surface area (Å²) >= 11 is 1.66. The number of fused-ring (bicyclic) bond motifs is 1. The zero-order valence-electron chi connectivity index (χ0n) is 18.3. The highest BCUT2D eigenvalue weighted by atomic mass is 32.2. The molecule has 0 radical (unpaired) electrons. The van der Waals surface area contributed by atoms with Crippen LogP contribution < -0.4 is 10.6 Å². The summed E-state index contributed by atoms with van der Waals surface area (Å²) in [6, 6.07) is -1.15. The van der Waals surface area contributed by atoms with Crippen LogP contribution in [0.4, 0.5) is 0 Å². The van der Waals surface area contributed by atoms with Crippen molar-refractivity contribution in [1.82, 2.24) is 15.5 Å². The number of amides is 3. The molecule has 3 heterocycles. The summed E-state index contributed by atoms with van der Waals surface area (Å²) in [5.74, 6) is -1.19. The number of nitrogens with zero attached hydrogens (tertiary/aromatic N) is 1. The van der Waals surface area contributed by atoms with Gasteiger partial charge in [0.05, 0.1) is 29.2 Å². The number of rotatable bonds is 7. The van der Waals surface area contributed by atoms with Crippen molar-refractivity contribution in [2.24, 2.45) is 17.8 Å². The molecule has 3 aliphatic heterocycles. The Morgan fingerprint density at radius 3 is 2.41 bits per heavy atom. The number of aliphatic hydroxyl groups excluding tert-OH is 1. The van der Waals surface area contributed by atoms with Gasteiger partial charge in [-0.3, -0.25) is 14.4 Å². The summed E-state index contributed by atoms with van der Waals surface area (Å²) in [6.45, 7) is 9.75. The van der Waals surface area contributed by atoms with Crippen LogP contribution >= 0.6 is 11.8 Å². The van der Waals surface area contributed by atoms with E-state index in [1.807, 2.05) is 27.7 Å². The molecule has 0 aromatic carbocycles. The van der Waals surface area contributed by atoms with Crippen molar-refractivity contribution >= 4 is 29.5 Å². The molecular weight excluding hydrogens is 390 g/mol. The van der Waals surface area contributed by atoms with E-state index in [-0.39, 0.29) is 41.0 Å². The lowest BCUT2D eigenvalue weighted by Crippen LogP contribution is -2.57. The molecule has 2 bridgehead atoms. The minimum absolute atomic E-state index is 0.0542. The van der Waals surface area contributed by atoms with Gasteiger partial charge >= 0.3 is 0 Å². The van der Waals surface area contributed by atoms with Crippen molar-refractivity contribution in [3.63, 3.8) is 0 Å². The van der Waals surface area contributed by atoms with Gasteiger partial charge in [0.1, 0.15) is 6.04 Å². The van der Waals surface area contributed by atoms with Gasteiger partial charge in [0, 0.05) is 17.8 Å². The summed E-state index contributed by atoms with van der Waals surface area (Å²) in [6.07, 6.45) is 2.14. The van der Waals surface area contributed by atoms with Crippen LogP contribution in [0, 0.1) is 17.8 Å². The minimum atomic E-state index is -0.667. The van der Waals surface area contributed by atoms with E-state index < -0.39 is 28.7 Å². The summed E-state index contributed by atoms with van der Waals surface area (Å²) in [5, 5.41) is 15.9. The lowest BCUT2D eigenvalue weighted by molar-refractivity contribution is -0.143. The van der Waals surface area contributed by atoms with E-state index in [1.165, 1.54) is 0 Å². The first-order valence-electron chi connectivity index (χ1n) is 10.7. The number of hydrogen-bond acceptors (Lipinski definition) is 5. The maximum absolute atomic E-state index is 13.8. The fourth-order valence-corrected chi connectivity index (χ4v) is 8.14. The third kappa shape index (κ3) is 3.36. The number of carbonyl (C=O) groups excluding carboxylic acids is 3. The molecule has 8 heteroatoms. The van der Waals surface area contributed by atoms with Crippen LogP contribution in [0.2, 0.25) is 0 Å². The molecule has 0 aliphatic carbocycles. The van der Waals surface area contributed by atoms with Crippen LogP contribution in [0.1, 0.15) is 53.9 Å². The predicted octanol–water partition coefficient (Wildman–Crippen LogP) is 1.15. The molecule has 6 atom stereocenters. The highest BCUT2D eigenvalue weighted by Gasteiger charge is 2.77. The molecule has 7 nitrogen and oxygen atoms in total. The zero-order chi connectivity index (χ0) is 21.7. The van der Waals surface area contributed by atoms with Crippen LogP contribution in [0.25, 0.3) is 0 Å². The highest BCUT2D eigenvalue weighted by Crippen LogP contribution is 2.71. The minimum Gasteiger partial charge on any atom is -0.394 e. The largest absolute Gasteiger partial charge is 0.394 e. The second kappa shape index (κ2) is 7.76. The van der Waals surface area contributed by atoms with Gasteiger partial charge in [-0.2, -0.15) is 0 Å². The van der Waals surface area contributed by atoms with E-state index in [0.29, 0.717) is 6.42 Å². The molecule has 164 valence electrons. The lowest BCUT2D eigenvalue weighted by Gasteiger charge is -2.38. The molecule has 2 unspecified atom stereocenters. The maximum Gasteiger partial charge on any atom is 0.244 e. The first-order chi connectivity index (χ1) is 13.5. The van der Waals surface area contributed by atoms with E-state index in [0.717, 1.165) is 12.8 Å². The first-order valence-corrected chi connectivity index (χ1v) is 11.5. The van der Waals surface area contributed by atoms with Crippen molar-refractivity contribution in [1.29, 1.82) is 0 Å². The van der Waals surface area contributed by atoms with Crippen molar-refractivity contribution < 1.29 is 19.5 Å². The lowest BCUT2D eigenvalue weighted by atomic mass is 9.66. The van der Waals surface area contributed by atoms with E-state index in [9.17, 15) is 19.5 Å². The Bertz CT molecular complexity index is 699. The summed E-state index contributed by atoms with van der Waals surface area (Å²) in [5.41, 5.74) is 0. The van der Waals surface area contributed by atoms with Crippen LogP contribution in [0.5, 0.6) is 0 Å². The molecule has 29 heavy (non-hydrogen) atoms. The van der Waals surface area contributed by atoms with Gasteiger partial charge < -0.3 is 20.6 Å². The monoisotopic (exact) mass is 425 g/mol. The number of aliphatic hydroxyl groups is 1. The van der Waals surface area contributed by atoms with Gasteiger partial charge in [0.15, 0.2) is 0 Å². The molecule has 0 saturated carbocycles. The normalized spacial score (nSPS) is 36.7. The molecule has 3 N–H and O–H groups in total. The topological polar surface area (TPSA) is 98.7 Å². The smallest absolute Gasteiger partial charge is 0.244 e. The molecule has 3 aliphatic rings. The van der Waals surface area contributed by atoms with E-state index >= 15 is 0 Å². The third-order valence-electron chi connectivity index (χ3n) is 6.77. The van der Waals surface area contributed by atoms with Gasteiger partial charge in [-0.15, -0.1) is 11.8 Å². The van der Waals surface area contributed by atoms with E-state index in [2.05, 4.69) is 17.6 Å². The Labute approximate surface area is 177 Å². The second-order valence-corrected chi connectivity index (χ2v) is 11.6. The highest BCUT2D eigenvalue weighted by molar-refractivity contribution is 8.02. The number of likely N-dealkylation sites (tertiary alicyclic amines) is 1. The summed E-state index contributed by atoms with van der Waals surface area (Å²) in [4.78, 5) is 41.6. The molecule has 3 fully saturated rings. The van der Waals surface area contributed by atoms with Crippen LogP contribution in [-0.2, 0) is 14.4 Å². The van der Waals surface area contributed by atoms with Crippen molar-refractivity contribution in [3.05, 3.63) is 0 Å².